The van der Waals surface area contributed by atoms with Gasteiger partial charge in [0.05, 0.1) is 39.0 Å². The van der Waals surface area contributed by atoms with Crippen LogP contribution in [-0.4, -0.2) is 39.0 Å². The third kappa shape index (κ3) is 13.2. The normalized spacial score (nSPS) is 11.8. The van der Waals surface area contributed by atoms with E-state index < -0.39 is 11.7 Å². The SMILES string of the molecule is Cc1ccc(-c2ccc3c(c2)c2ccccc2n3-c2ccc(-c3ccc4c(c3)sc3ccccc34)cc2-c2nc(-c3ccccc3)nc(-c3ccccc3)n2)c(C)c1.Cc1ccc(-c2ccc3c4ccccc4n(-c4ccc(-c5ccc6c(c5)sc5ccccc56)cc4-c4nc(-c5ccccc5)nc(-c5ccccc5)n4)c3c2)c(C(F)(F)F)c1. The Labute approximate surface area is 691 Å². The molecule has 0 fully saturated rings. The Morgan fingerprint density at radius 2 is 0.571 bits per heavy atom. The highest BCUT2D eigenvalue weighted by atomic mass is 32.1. The van der Waals surface area contributed by atoms with Crippen LogP contribution in [0.1, 0.15) is 22.3 Å². The molecule has 6 aromatic heterocycles. The molecule has 0 aliphatic heterocycles. The third-order valence-electron chi connectivity index (χ3n) is 22.6. The maximum absolute atomic E-state index is 14.6. The highest BCUT2D eigenvalue weighted by Gasteiger charge is 2.34. The summed E-state index contributed by atoms with van der Waals surface area (Å²) in [4.78, 5) is 31.0. The van der Waals surface area contributed by atoms with Crippen molar-refractivity contribution in [2.75, 3.05) is 0 Å². The van der Waals surface area contributed by atoms with Crippen molar-refractivity contribution in [2.45, 2.75) is 26.9 Å². The van der Waals surface area contributed by atoms with Gasteiger partial charge in [-0.1, -0.05) is 290 Å². The predicted octanol–water partition coefficient (Wildman–Crippen LogP) is 29.3. The van der Waals surface area contributed by atoms with E-state index in [1.165, 1.54) is 79.4 Å². The van der Waals surface area contributed by atoms with Gasteiger partial charge in [-0.3, -0.25) is 0 Å². The summed E-state index contributed by atoms with van der Waals surface area (Å²) in [6.07, 6.45) is -4.53. The maximum Gasteiger partial charge on any atom is 0.417 e. The van der Waals surface area contributed by atoms with Crippen molar-refractivity contribution in [1.82, 2.24) is 39.0 Å². The zero-order chi connectivity index (χ0) is 80.0. The van der Waals surface area contributed by atoms with Crippen LogP contribution < -0.4 is 0 Å². The van der Waals surface area contributed by atoms with Crippen molar-refractivity contribution in [3.05, 3.63) is 386 Å². The summed E-state index contributed by atoms with van der Waals surface area (Å²) in [5.41, 5.74) is 20.6. The highest BCUT2D eigenvalue weighted by molar-refractivity contribution is 7.26. The molecule has 22 aromatic rings. The molecule has 6 heterocycles. The molecule has 0 atom stereocenters. The van der Waals surface area contributed by atoms with E-state index in [9.17, 15) is 13.2 Å². The third-order valence-corrected chi connectivity index (χ3v) is 24.9. The van der Waals surface area contributed by atoms with E-state index >= 15 is 0 Å². The summed E-state index contributed by atoms with van der Waals surface area (Å²) in [6.45, 7) is 6.03. The van der Waals surface area contributed by atoms with Crippen LogP contribution >= 0.6 is 22.7 Å². The van der Waals surface area contributed by atoms with E-state index in [1.807, 2.05) is 139 Å². The quantitative estimate of drug-likeness (QED) is 0.121. The number of fused-ring (bicyclic) bond motifs is 12. The monoisotopic (exact) mass is 1570 g/mol. The average Bonchev–Trinajstić information content (AvgIpc) is 1.59. The minimum Gasteiger partial charge on any atom is -0.309 e. The molecule has 0 radical (unpaired) electrons. The minimum absolute atomic E-state index is 0.126. The number of benzene rings is 16. The number of aromatic nitrogens is 8. The van der Waals surface area contributed by atoms with E-state index in [2.05, 4.69) is 235 Å². The van der Waals surface area contributed by atoms with Crippen molar-refractivity contribution in [1.29, 1.82) is 0 Å². The molecular weight excluding hydrogens is 1510 g/mol. The maximum atomic E-state index is 14.6. The number of aryl methyl sites for hydroxylation is 3. The fourth-order valence-electron chi connectivity index (χ4n) is 16.9. The smallest absolute Gasteiger partial charge is 0.309 e. The molecule has 566 valence electrons. The number of halogens is 3. The van der Waals surface area contributed by atoms with Crippen LogP contribution in [-0.2, 0) is 6.18 Å². The molecule has 0 spiro atoms. The first-order chi connectivity index (χ1) is 58.3. The standard InChI is InChI=1S/C53H33F3N4S.C53H36N4S/c1-32-20-24-38(44(28-32)53(54,55)56)37-22-25-40-39-16-8-10-18-45(39)60(47(40)30-37)46-27-23-35(36-21-26-42-41-17-9-11-19-48(41)61-49(42)31-36)29-43(46)52-58-50(33-12-4-2-5-13-33)57-51(59-52)34-14-6-3-7-15-34;1-33-21-25-40(34(2)29-33)39-24-28-47-44(31-39)41-17-9-11-19-46(41)57(47)48-27-23-37(38-22-26-43-42-18-10-12-20-49(42)58-50(43)32-38)30-45(48)53-55-51(35-13-5-3-6-14-35)54-52(56-53)36-15-7-4-8-16-36/h2-31H,1H3;3-32H,1-2H3. The van der Waals surface area contributed by atoms with Crippen molar-refractivity contribution in [3.63, 3.8) is 0 Å². The number of hydrogen-bond acceptors (Lipinski definition) is 8. The van der Waals surface area contributed by atoms with E-state index in [-0.39, 0.29) is 5.56 Å². The van der Waals surface area contributed by atoms with Crippen LogP contribution in [0.2, 0.25) is 0 Å². The van der Waals surface area contributed by atoms with Crippen LogP contribution in [0.15, 0.2) is 364 Å². The second-order valence-corrected chi connectivity index (χ2v) is 32.4. The van der Waals surface area contributed by atoms with Gasteiger partial charge < -0.3 is 9.13 Å². The van der Waals surface area contributed by atoms with Crippen LogP contribution in [0.3, 0.4) is 0 Å². The van der Waals surface area contributed by atoms with Crippen LogP contribution in [0.5, 0.6) is 0 Å². The van der Waals surface area contributed by atoms with Gasteiger partial charge in [-0.15, -0.1) is 22.7 Å². The summed E-state index contributed by atoms with van der Waals surface area (Å²) in [5, 5.41) is 9.30. The second-order valence-electron chi connectivity index (χ2n) is 30.2. The van der Waals surface area contributed by atoms with Gasteiger partial charge in [0.1, 0.15) is 0 Å². The molecule has 16 aromatic carbocycles. The predicted molar refractivity (Wildman–Crippen MR) is 488 cm³/mol. The first-order valence-electron chi connectivity index (χ1n) is 39.5. The molecule has 119 heavy (non-hydrogen) atoms. The molecule has 13 heteroatoms. The molecule has 0 unspecified atom stereocenters. The molecule has 8 nitrogen and oxygen atoms in total. The van der Waals surface area contributed by atoms with Crippen molar-refractivity contribution in [2.24, 2.45) is 0 Å². The lowest BCUT2D eigenvalue weighted by molar-refractivity contribution is -0.137. The molecule has 0 bridgehead atoms. The van der Waals surface area contributed by atoms with Gasteiger partial charge in [0.15, 0.2) is 34.9 Å². The highest BCUT2D eigenvalue weighted by Crippen LogP contribution is 2.47. The lowest BCUT2D eigenvalue weighted by Crippen LogP contribution is -2.07. The Bertz CT molecular complexity index is 7650. The molecule has 0 saturated heterocycles. The number of alkyl halides is 3. The van der Waals surface area contributed by atoms with Gasteiger partial charge in [0.2, 0.25) is 0 Å². The number of rotatable bonds is 12. The molecule has 0 N–H and O–H groups in total. The number of nitrogens with zero attached hydrogens (tertiary/aromatic N) is 8. The number of hydrogen-bond donors (Lipinski definition) is 0. The number of thiophene rings is 2. The zero-order valence-corrected chi connectivity index (χ0v) is 66.3. The Morgan fingerprint density at radius 3 is 1.05 bits per heavy atom. The number of para-hydroxylation sites is 2. The van der Waals surface area contributed by atoms with E-state index in [4.69, 9.17) is 29.9 Å². The molecule has 0 amide bonds. The van der Waals surface area contributed by atoms with Crippen molar-refractivity contribution < 1.29 is 13.2 Å². The van der Waals surface area contributed by atoms with E-state index in [1.54, 1.807) is 36.5 Å². The summed E-state index contributed by atoms with van der Waals surface area (Å²) >= 11 is 3.61. The largest absolute Gasteiger partial charge is 0.417 e. The fraction of sp³-hybridized carbons (Fsp3) is 0.0377. The summed E-state index contributed by atoms with van der Waals surface area (Å²) in [7, 11) is 0. The molecule has 0 aliphatic rings. The van der Waals surface area contributed by atoms with E-state index in [0.717, 1.165) is 99.8 Å². The molecule has 0 aliphatic carbocycles. The Kier molecular flexibility index (Phi) is 17.9. The lowest BCUT2D eigenvalue weighted by Gasteiger charge is -2.17. The Balaban J connectivity index is 0.000000148. The second kappa shape index (κ2) is 29.6. The molecular formula is C106H69F3N8S2. The van der Waals surface area contributed by atoms with Gasteiger partial charge in [0, 0.05) is 95.3 Å². The van der Waals surface area contributed by atoms with Gasteiger partial charge in [-0.2, -0.15) is 13.2 Å². The Morgan fingerprint density at radius 1 is 0.227 bits per heavy atom. The first-order valence-corrected chi connectivity index (χ1v) is 41.1. The van der Waals surface area contributed by atoms with Gasteiger partial charge >= 0.3 is 6.18 Å². The average molecular weight is 1580 g/mol. The van der Waals surface area contributed by atoms with Crippen LogP contribution in [0.25, 0.3) is 208 Å². The van der Waals surface area contributed by atoms with Crippen LogP contribution in [0, 0.1) is 20.8 Å². The summed E-state index contributed by atoms with van der Waals surface area (Å²) in [6, 6.07) is 124. The topological polar surface area (TPSA) is 87.2 Å². The van der Waals surface area contributed by atoms with Gasteiger partial charge in [0.25, 0.3) is 0 Å². The van der Waals surface area contributed by atoms with E-state index in [0.29, 0.717) is 46.1 Å². The molecule has 0 saturated carbocycles. The zero-order valence-electron chi connectivity index (χ0n) is 64.7. The first kappa shape index (κ1) is 72.1. The summed E-state index contributed by atoms with van der Waals surface area (Å²) < 4.78 is 53.3. The van der Waals surface area contributed by atoms with Crippen molar-refractivity contribution in [3.8, 4) is 124 Å². The lowest BCUT2D eigenvalue weighted by atomic mass is 9.96. The Hall–Kier alpha value is -14.6. The minimum atomic E-state index is -4.53. The van der Waals surface area contributed by atoms with Crippen LogP contribution in [0.4, 0.5) is 13.2 Å². The molecule has 22 rings (SSSR count). The van der Waals surface area contributed by atoms with Gasteiger partial charge in [-0.25, -0.2) is 29.9 Å². The fourth-order valence-corrected chi connectivity index (χ4v) is 19.2. The van der Waals surface area contributed by atoms with Gasteiger partial charge in [-0.05, 0) is 156 Å². The van der Waals surface area contributed by atoms with Crippen molar-refractivity contribution >= 4 is 107 Å². The summed E-state index contributed by atoms with van der Waals surface area (Å²) in [5.74, 6) is 3.39.